The van der Waals surface area contributed by atoms with Crippen LogP contribution in [0.1, 0.15) is 31.8 Å². The smallest absolute Gasteiger partial charge is 0.199 e. The van der Waals surface area contributed by atoms with Gasteiger partial charge in [0.1, 0.15) is 5.69 Å². The van der Waals surface area contributed by atoms with Crippen molar-refractivity contribution >= 4 is 51.4 Å². The number of anilines is 7. The van der Waals surface area contributed by atoms with Crippen LogP contribution >= 0.6 is 0 Å². The monoisotopic (exact) mass is 329 g/mol. The fourth-order valence-electron chi connectivity index (χ4n) is 2.82. The Labute approximate surface area is 135 Å². The molecule has 124 valence electrons. The van der Waals surface area contributed by atoms with E-state index in [1.165, 1.54) is 0 Å². The van der Waals surface area contributed by atoms with Crippen LogP contribution in [-0.4, -0.2) is 16.7 Å². The summed E-state index contributed by atoms with van der Waals surface area (Å²) in [6, 6.07) is 0. The summed E-state index contributed by atoms with van der Waals surface area (Å²) < 4.78 is 0. The van der Waals surface area contributed by atoms with E-state index >= 15 is 0 Å². The van der Waals surface area contributed by atoms with Gasteiger partial charge in [-0.15, -0.1) is 0 Å². The molecule has 24 heavy (non-hydrogen) atoms. The van der Waals surface area contributed by atoms with Gasteiger partial charge < -0.3 is 45.2 Å². The summed E-state index contributed by atoms with van der Waals surface area (Å²) in [5, 5.41) is 9.92. The van der Waals surface area contributed by atoms with Crippen molar-refractivity contribution in [3.05, 3.63) is 22.3 Å². The molecule has 0 radical (unpaired) electrons. The maximum Gasteiger partial charge on any atom is 0.199 e. The molecule has 0 aliphatic heterocycles. The number of hydrogen-bond acceptors (Lipinski definition) is 10. The minimum atomic E-state index is -0.755. The lowest BCUT2D eigenvalue weighted by Crippen LogP contribution is -2.28. The van der Waals surface area contributed by atoms with Crippen molar-refractivity contribution in [3.63, 3.8) is 0 Å². The van der Waals surface area contributed by atoms with Crippen LogP contribution in [0.2, 0.25) is 0 Å². The van der Waals surface area contributed by atoms with E-state index in [1.807, 2.05) is 0 Å². The zero-order valence-corrected chi connectivity index (χ0v) is 12.3. The summed E-state index contributed by atoms with van der Waals surface area (Å²) >= 11 is 0. The number of nitrogens with two attached hydrogens (primary N) is 7. The van der Waals surface area contributed by atoms with Crippen molar-refractivity contribution < 1.29 is 14.7 Å². The molecule has 0 saturated heterocycles. The van der Waals surface area contributed by atoms with Gasteiger partial charge >= 0.3 is 0 Å². The zero-order chi connectivity index (χ0) is 18.1. The number of phenolic OH excluding ortho intramolecular Hbond substituents is 1. The van der Waals surface area contributed by atoms with Gasteiger partial charge in [-0.3, -0.25) is 9.59 Å². The van der Waals surface area contributed by atoms with Gasteiger partial charge in [-0.25, -0.2) is 0 Å². The SMILES string of the molecule is Nc1c(N)c(N)c2c(c1N)C(=O)c1c(N)c(N)c(O)c(N)c1C2=O. The fourth-order valence-corrected chi connectivity index (χ4v) is 2.82. The Morgan fingerprint density at radius 2 is 0.750 bits per heavy atom. The van der Waals surface area contributed by atoms with E-state index in [2.05, 4.69) is 0 Å². The molecule has 0 atom stereocenters. The maximum atomic E-state index is 12.9. The van der Waals surface area contributed by atoms with Crippen LogP contribution in [0, 0.1) is 0 Å². The van der Waals surface area contributed by atoms with Crippen molar-refractivity contribution in [2.45, 2.75) is 0 Å². The van der Waals surface area contributed by atoms with Gasteiger partial charge in [0.2, 0.25) is 0 Å². The van der Waals surface area contributed by atoms with Gasteiger partial charge in [-0.1, -0.05) is 0 Å². The highest BCUT2D eigenvalue weighted by molar-refractivity contribution is 6.37. The largest absolute Gasteiger partial charge is 0.504 e. The van der Waals surface area contributed by atoms with E-state index in [4.69, 9.17) is 40.1 Å². The van der Waals surface area contributed by atoms with Crippen LogP contribution in [0.5, 0.6) is 5.75 Å². The average Bonchev–Trinajstić information content (AvgIpc) is 2.55. The number of ketones is 2. The topological polar surface area (TPSA) is 237 Å². The maximum absolute atomic E-state index is 12.9. The number of rotatable bonds is 0. The molecule has 0 heterocycles. The molecular weight excluding hydrogens is 314 g/mol. The first-order valence-electron chi connectivity index (χ1n) is 6.65. The Hall–Kier alpha value is -3.82. The number of nitrogen functional groups attached to an aromatic ring is 7. The summed E-state index contributed by atoms with van der Waals surface area (Å²) in [6.45, 7) is 0. The minimum absolute atomic E-state index is 0.117. The molecular formula is C14H15N7O3. The number of carbonyl (C=O) groups excluding carboxylic acids is 2. The van der Waals surface area contributed by atoms with Crippen molar-refractivity contribution in [2.24, 2.45) is 0 Å². The van der Waals surface area contributed by atoms with Crippen molar-refractivity contribution in [3.8, 4) is 5.75 Å². The second-order valence-electron chi connectivity index (χ2n) is 5.40. The van der Waals surface area contributed by atoms with E-state index in [9.17, 15) is 14.7 Å². The average molecular weight is 329 g/mol. The Morgan fingerprint density at radius 3 is 1.12 bits per heavy atom. The molecule has 0 saturated carbocycles. The van der Waals surface area contributed by atoms with Gasteiger partial charge in [-0.2, -0.15) is 0 Å². The number of benzene rings is 2. The van der Waals surface area contributed by atoms with Gasteiger partial charge in [0.05, 0.1) is 56.4 Å². The molecule has 1 aliphatic rings. The lowest BCUT2D eigenvalue weighted by molar-refractivity contribution is 0.0981. The summed E-state index contributed by atoms with van der Waals surface area (Å²) in [5.74, 6) is -2.08. The molecule has 0 bridgehead atoms. The second kappa shape index (κ2) is 4.35. The summed E-state index contributed by atoms with van der Waals surface area (Å²) in [5.41, 5.74) is 37.8. The van der Waals surface area contributed by atoms with Gasteiger partial charge in [0, 0.05) is 0 Å². The van der Waals surface area contributed by atoms with E-state index in [1.54, 1.807) is 0 Å². The molecule has 0 aromatic heterocycles. The van der Waals surface area contributed by atoms with E-state index in [0.29, 0.717) is 0 Å². The first kappa shape index (κ1) is 15.1. The van der Waals surface area contributed by atoms with Crippen molar-refractivity contribution in [1.82, 2.24) is 0 Å². The van der Waals surface area contributed by atoms with E-state index in [-0.39, 0.29) is 62.1 Å². The predicted octanol–water partition coefficient (Wildman–Crippen LogP) is -0.757. The number of aromatic hydroxyl groups is 1. The summed E-state index contributed by atoms with van der Waals surface area (Å²) in [7, 11) is 0. The first-order valence-corrected chi connectivity index (χ1v) is 6.65. The quantitative estimate of drug-likeness (QED) is 0.189. The molecule has 2 aromatic rings. The molecule has 10 nitrogen and oxygen atoms in total. The Bertz CT molecular complexity index is 828. The number of carbonyl (C=O) groups is 2. The molecule has 1 aliphatic carbocycles. The van der Waals surface area contributed by atoms with Crippen LogP contribution in [0.15, 0.2) is 0 Å². The Morgan fingerprint density at radius 1 is 0.458 bits per heavy atom. The summed E-state index contributed by atoms with van der Waals surface area (Å²) in [4.78, 5) is 25.7. The second-order valence-corrected chi connectivity index (χ2v) is 5.40. The third kappa shape index (κ3) is 1.48. The van der Waals surface area contributed by atoms with Crippen LogP contribution in [-0.2, 0) is 0 Å². The molecule has 15 N–H and O–H groups in total. The van der Waals surface area contributed by atoms with E-state index < -0.39 is 17.3 Å². The molecule has 0 fully saturated rings. The fraction of sp³-hybridized carbons (Fsp3) is 0. The zero-order valence-electron chi connectivity index (χ0n) is 12.3. The number of hydrogen-bond donors (Lipinski definition) is 8. The summed E-state index contributed by atoms with van der Waals surface area (Å²) in [6.07, 6.45) is 0. The molecule has 2 aromatic carbocycles. The third-order valence-corrected chi connectivity index (χ3v) is 4.16. The molecule has 0 amide bonds. The Kier molecular flexibility index (Phi) is 2.73. The molecule has 3 rings (SSSR count). The van der Waals surface area contributed by atoms with Crippen molar-refractivity contribution in [2.75, 3.05) is 40.1 Å². The normalized spacial score (nSPS) is 12.8. The van der Waals surface area contributed by atoms with E-state index in [0.717, 1.165) is 0 Å². The van der Waals surface area contributed by atoms with Crippen LogP contribution in [0.3, 0.4) is 0 Å². The molecule has 0 unspecified atom stereocenters. The molecule has 10 heteroatoms. The lowest BCUT2D eigenvalue weighted by Gasteiger charge is -2.25. The lowest BCUT2D eigenvalue weighted by atomic mass is 9.79. The first-order chi connectivity index (χ1) is 11.1. The molecule has 0 spiro atoms. The standard InChI is InChI=1S/C14H15N7O3/c15-5-1-2(6(16)10(20)9(5)19)13(23)4-3(12(1)22)7(17)11(21)14(24)8(4)18/h24H,15-21H2. The van der Waals surface area contributed by atoms with Gasteiger partial charge in [0.25, 0.3) is 0 Å². The van der Waals surface area contributed by atoms with Crippen LogP contribution in [0.25, 0.3) is 0 Å². The number of phenols is 1. The predicted molar refractivity (Wildman–Crippen MR) is 92.3 cm³/mol. The third-order valence-electron chi connectivity index (χ3n) is 4.16. The highest BCUT2D eigenvalue weighted by Crippen LogP contribution is 2.48. The van der Waals surface area contributed by atoms with Gasteiger partial charge in [0.15, 0.2) is 17.3 Å². The van der Waals surface area contributed by atoms with Crippen LogP contribution < -0.4 is 40.1 Å². The van der Waals surface area contributed by atoms with Crippen molar-refractivity contribution in [1.29, 1.82) is 0 Å². The van der Waals surface area contributed by atoms with Crippen LogP contribution in [0.4, 0.5) is 39.8 Å². The highest BCUT2D eigenvalue weighted by Gasteiger charge is 2.39. The minimum Gasteiger partial charge on any atom is -0.504 e. The highest BCUT2D eigenvalue weighted by atomic mass is 16.3. The Balaban J connectivity index is 2.53. The number of fused-ring (bicyclic) bond motifs is 2. The van der Waals surface area contributed by atoms with Gasteiger partial charge in [-0.05, 0) is 0 Å².